The maximum absolute atomic E-state index is 6.67. The largest absolute Gasteiger partial charge is 0.544 e. The summed E-state index contributed by atoms with van der Waals surface area (Å²) in [4.78, 5) is 0. The second-order valence-electron chi connectivity index (χ2n) is 11.7. The Kier molecular flexibility index (Phi) is 8.77. The van der Waals surface area contributed by atoms with Gasteiger partial charge in [-0.25, -0.2) is 0 Å². The van der Waals surface area contributed by atoms with Crippen LogP contribution < -0.4 is 4.43 Å². The minimum Gasteiger partial charge on any atom is -0.544 e. The van der Waals surface area contributed by atoms with Gasteiger partial charge in [-0.3, -0.25) is 5.01 Å². The third-order valence-electron chi connectivity index (χ3n) is 5.35. The Hall–Kier alpha value is -2.58. The van der Waals surface area contributed by atoms with Gasteiger partial charge in [0.05, 0.1) is 5.69 Å². The summed E-state index contributed by atoms with van der Waals surface area (Å²) in [7, 11) is -1.79. The lowest BCUT2D eigenvalue weighted by molar-refractivity contribution is 0.301. The molecular formula is C29H43N3OSi. The van der Waals surface area contributed by atoms with Crippen LogP contribution >= 0.6 is 0 Å². The highest BCUT2D eigenvalue weighted by atomic mass is 28.4. The fourth-order valence-corrected chi connectivity index (χ4v) is 4.28. The molecule has 0 saturated heterocycles. The van der Waals surface area contributed by atoms with Crippen molar-refractivity contribution in [3.63, 3.8) is 0 Å². The molecule has 184 valence electrons. The molecule has 2 rings (SSSR count). The van der Waals surface area contributed by atoms with E-state index in [1.165, 1.54) is 11.1 Å². The first-order chi connectivity index (χ1) is 15.6. The van der Waals surface area contributed by atoms with Gasteiger partial charge in [-0.15, -0.1) is 5.11 Å². The first-order valence-electron chi connectivity index (χ1n) is 12.3. The summed E-state index contributed by atoms with van der Waals surface area (Å²) in [5, 5.41) is 10.5. The summed E-state index contributed by atoms with van der Waals surface area (Å²) in [6, 6.07) is 12.4. The molecular weight excluding hydrogens is 434 g/mol. The molecule has 0 atom stereocenters. The van der Waals surface area contributed by atoms with Gasteiger partial charge in [0.15, 0.2) is 0 Å². The van der Waals surface area contributed by atoms with Crippen molar-refractivity contribution < 1.29 is 4.43 Å². The molecule has 5 heteroatoms. The first-order valence-corrected chi connectivity index (χ1v) is 15.7. The predicted octanol–water partition coefficient (Wildman–Crippen LogP) is 8.24. The highest BCUT2D eigenvalue weighted by Gasteiger charge is 2.30. The zero-order chi connectivity index (χ0) is 25.7. The van der Waals surface area contributed by atoms with Crippen LogP contribution in [0.1, 0.15) is 77.6 Å². The van der Waals surface area contributed by atoms with Crippen molar-refractivity contribution in [3.05, 3.63) is 58.7 Å². The van der Waals surface area contributed by atoms with Gasteiger partial charge in [0.2, 0.25) is 8.32 Å². The van der Waals surface area contributed by atoms with E-state index in [0.29, 0.717) is 0 Å². The van der Waals surface area contributed by atoms with Gasteiger partial charge in [-0.05, 0) is 91.8 Å². The summed E-state index contributed by atoms with van der Waals surface area (Å²) < 4.78 is 6.67. The zero-order valence-corrected chi connectivity index (χ0v) is 24.1. The van der Waals surface area contributed by atoms with Crippen LogP contribution in [0.4, 0.5) is 5.69 Å². The molecule has 0 N–H and O–H groups in total. The van der Waals surface area contributed by atoms with Crippen LogP contribution in [0.3, 0.4) is 0 Å². The molecule has 0 aliphatic heterocycles. The Balaban J connectivity index is 2.48. The van der Waals surface area contributed by atoms with Crippen molar-refractivity contribution in [3.8, 4) is 17.6 Å². The molecule has 0 aliphatic rings. The van der Waals surface area contributed by atoms with E-state index in [1.54, 1.807) is 0 Å². The molecule has 0 saturated carbocycles. The Labute approximate surface area is 208 Å². The fourth-order valence-electron chi connectivity index (χ4n) is 3.45. The Morgan fingerprint density at radius 3 is 1.68 bits per heavy atom. The molecule has 2 aromatic carbocycles. The lowest BCUT2D eigenvalue weighted by Gasteiger charge is -2.33. The predicted molar refractivity (Wildman–Crippen MR) is 148 cm³/mol. The average molecular weight is 478 g/mol. The molecule has 0 amide bonds. The molecule has 0 aromatic heterocycles. The molecule has 0 aliphatic carbocycles. The zero-order valence-electron chi connectivity index (χ0n) is 23.1. The number of benzene rings is 2. The SMILES string of the molecule is CCN(CC)N=Nc1ccc(C#Cc2cc(C(C)(C)C)c(O[Si](C)(C)C)c(C(C)(C)C)c2)cc1. The molecule has 4 nitrogen and oxygen atoms in total. The molecule has 0 fully saturated rings. The van der Waals surface area contributed by atoms with Crippen LogP contribution in [0.2, 0.25) is 19.6 Å². The van der Waals surface area contributed by atoms with E-state index in [1.807, 2.05) is 29.3 Å². The normalized spacial score (nSPS) is 12.4. The first kappa shape index (κ1) is 27.7. The molecule has 0 radical (unpaired) electrons. The second-order valence-corrected chi connectivity index (χ2v) is 16.2. The second kappa shape index (κ2) is 10.8. The van der Waals surface area contributed by atoms with Crippen molar-refractivity contribution in [2.24, 2.45) is 10.3 Å². The van der Waals surface area contributed by atoms with Crippen molar-refractivity contribution in [2.75, 3.05) is 13.1 Å². The summed E-state index contributed by atoms with van der Waals surface area (Å²) >= 11 is 0. The van der Waals surface area contributed by atoms with Crippen LogP contribution in [-0.4, -0.2) is 26.4 Å². The highest BCUT2D eigenvalue weighted by molar-refractivity contribution is 6.70. The van der Waals surface area contributed by atoms with Crippen LogP contribution in [-0.2, 0) is 10.8 Å². The van der Waals surface area contributed by atoms with E-state index in [0.717, 1.165) is 35.7 Å². The van der Waals surface area contributed by atoms with Gasteiger partial charge in [0.1, 0.15) is 5.75 Å². The number of rotatable bonds is 6. The lowest BCUT2D eigenvalue weighted by atomic mass is 9.78. The van der Waals surface area contributed by atoms with E-state index < -0.39 is 8.32 Å². The highest BCUT2D eigenvalue weighted by Crippen LogP contribution is 2.41. The Morgan fingerprint density at radius 2 is 1.26 bits per heavy atom. The third kappa shape index (κ3) is 8.02. The van der Waals surface area contributed by atoms with Gasteiger partial charge in [-0.2, -0.15) is 0 Å². The Morgan fingerprint density at radius 1 is 0.794 bits per heavy atom. The quantitative estimate of drug-likeness (QED) is 0.182. The summed E-state index contributed by atoms with van der Waals surface area (Å²) in [5.74, 6) is 7.79. The third-order valence-corrected chi connectivity index (χ3v) is 6.16. The minimum absolute atomic E-state index is 0.0514. The Bertz CT molecular complexity index is 1020. The average Bonchev–Trinajstić information content (AvgIpc) is 2.71. The van der Waals surface area contributed by atoms with Gasteiger partial charge in [0, 0.05) is 24.2 Å². The maximum Gasteiger partial charge on any atom is 0.242 e. The summed E-state index contributed by atoms with van der Waals surface area (Å²) in [6.45, 7) is 26.0. The number of hydrogen-bond donors (Lipinski definition) is 0. The number of hydrogen-bond acceptors (Lipinski definition) is 3. The fraction of sp³-hybridized carbons (Fsp3) is 0.517. The van der Waals surface area contributed by atoms with Crippen LogP contribution in [0.5, 0.6) is 5.75 Å². The molecule has 0 spiro atoms. The summed E-state index contributed by atoms with van der Waals surface area (Å²) in [6.07, 6.45) is 0. The van der Waals surface area contributed by atoms with E-state index in [-0.39, 0.29) is 10.8 Å². The van der Waals surface area contributed by atoms with Crippen LogP contribution in [0.15, 0.2) is 46.7 Å². The molecule has 2 aromatic rings. The van der Waals surface area contributed by atoms with Crippen LogP contribution in [0.25, 0.3) is 0 Å². The van der Waals surface area contributed by atoms with Crippen molar-refractivity contribution in [1.29, 1.82) is 0 Å². The number of nitrogens with zero attached hydrogens (tertiary/aromatic N) is 3. The van der Waals surface area contributed by atoms with Gasteiger partial charge in [0.25, 0.3) is 0 Å². The van der Waals surface area contributed by atoms with E-state index >= 15 is 0 Å². The van der Waals surface area contributed by atoms with Gasteiger partial charge >= 0.3 is 0 Å². The van der Waals surface area contributed by atoms with Crippen molar-refractivity contribution in [2.45, 2.75) is 85.9 Å². The minimum atomic E-state index is -1.79. The van der Waals surface area contributed by atoms with E-state index in [4.69, 9.17) is 4.43 Å². The van der Waals surface area contributed by atoms with Gasteiger partial charge < -0.3 is 4.43 Å². The molecule has 0 unspecified atom stereocenters. The summed E-state index contributed by atoms with van der Waals surface area (Å²) in [5.41, 5.74) is 5.14. The smallest absolute Gasteiger partial charge is 0.242 e. The lowest BCUT2D eigenvalue weighted by Crippen LogP contribution is -2.32. The molecule has 0 bridgehead atoms. The van der Waals surface area contributed by atoms with Crippen molar-refractivity contribution >= 4 is 14.0 Å². The monoisotopic (exact) mass is 477 g/mol. The van der Waals surface area contributed by atoms with Crippen LogP contribution in [0, 0.1) is 11.8 Å². The van der Waals surface area contributed by atoms with Crippen molar-refractivity contribution in [1.82, 2.24) is 5.01 Å². The molecule has 0 heterocycles. The standard InChI is InChI=1S/C29H43N3OSi/c1-12-32(13-2)31-30-24-18-16-22(17-19-24)14-15-23-20-25(28(3,4)5)27(33-34(9,10)11)26(21-23)29(6,7)8/h16-21H,12-13H2,1-11H3. The maximum atomic E-state index is 6.67. The van der Waals surface area contributed by atoms with Gasteiger partial charge in [-0.1, -0.05) is 58.6 Å². The van der Waals surface area contributed by atoms with E-state index in [2.05, 4.69) is 109 Å². The van der Waals surface area contributed by atoms with E-state index in [9.17, 15) is 0 Å². The topological polar surface area (TPSA) is 37.2 Å². The molecule has 34 heavy (non-hydrogen) atoms.